The van der Waals surface area contributed by atoms with Gasteiger partial charge in [0.05, 0.1) is 5.69 Å². The predicted octanol–water partition coefficient (Wildman–Crippen LogP) is 1.91. The fourth-order valence-electron chi connectivity index (χ4n) is 2.71. The third-order valence-corrected chi connectivity index (χ3v) is 3.79. The standard InChI is InChI=1S/C14H18N4O2/c1-9(2)10-8-12-13(15-5-7-18(12)16-10)17-6-3-4-11(17)14(19)20/h5,7-9,11H,3-4,6H2,1-2H3,(H,19,20). The van der Waals surface area contributed by atoms with Crippen LogP contribution in [-0.2, 0) is 4.79 Å². The van der Waals surface area contributed by atoms with E-state index in [2.05, 4.69) is 23.9 Å². The van der Waals surface area contributed by atoms with Crippen molar-refractivity contribution in [3.63, 3.8) is 0 Å². The van der Waals surface area contributed by atoms with Gasteiger partial charge in [0.25, 0.3) is 0 Å². The molecule has 0 saturated carbocycles. The summed E-state index contributed by atoms with van der Waals surface area (Å²) >= 11 is 0. The molecule has 1 atom stereocenters. The first-order valence-corrected chi connectivity index (χ1v) is 6.91. The van der Waals surface area contributed by atoms with Crippen molar-refractivity contribution in [2.75, 3.05) is 11.4 Å². The first-order chi connectivity index (χ1) is 9.58. The lowest BCUT2D eigenvalue weighted by Gasteiger charge is -2.22. The number of carboxylic acids is 1. The van der Waals surface area contributed by atoms with Gasteiger partial charge < -0.3 is 10.0 Å². The Kier molecular flexibility index (Phi) is 3.08. The molecule has 2 aromatic rings. The molecule has 6 heteroatoms. The van der Waals surface area contributed by atoms with E-state index in [-0.39, 0.29) is 0 Å². The van der Waals surface area contributed by atoms with Crippen LogP contribution in [0.3, 0.4) is 0 Å². The Hall–Kier alpha value is -2.11. The molecule has 20 heavy (non-hydrogen) atoms. The van der Waals surface area contributed by atoms with E-state index in [1.165, 1.54) is 0 Å². The van der Waals surface area contributed by atoms with Gasteiger partial charge >= 0.3 is 5.97 Å². The fraction of sp³-hybridized carbons (Fsp3) is 0.500. The minimum atomic E-state index is -0.782. The van der Waals surface area contributed by atoms with Crippen molar-refractivity contribution in [1.82, 2.24) is 14.6 Å². The Bertz CT molecular complexity index is 650. The van der Waals surface area contributed by atoms with E-state index in [1.807, 2.05) is 11.0 Å². The number of nitrogens with zero attached hydrogens (tertiary/aromatic N) is 4. The molecule has 1 N–H and O–H groups in total. The van der Waals surface area contributed by atoms with E-state index >= 15 is 0 Å². The van der Waals surface area contributed by atoms with Crippen LogP contribution >= 0.6 is 0 Å². The molecule has 0 bridgehead atoms. The fourth-order valence-corrected chi connectivity index (χ4v) is 2.71. The van der Waals surface area contributed by atoms with E-state index in [0.717, 1.165) is 30.0 Å². The number of carbonyl (C=O) groups is 1. The molecule has 0 aromatic carbocycles. The van der Waals surface area contributed by atoms with E-state index in [0.29, 0.717) is 12.3 Å². The predicted molar refractivity (Wildman–Crippen MR) is 75.1 cm³/mol. The number of carboxylic acid groups (broad SMARTS) is 1. The summed E-state index contributed by atoms with van der Waals surface area (Å²) in [6.45, 7) is 4.90. The lowest BCUT2D eigenvalue weighted by molar-refractivity contribution is -0.138. The van der Waals surface area contributed by atoms with Crippen LogP contribution < -0.4 is 4.90 Å². The second-order valence-electron chi connectivity index (χ2n) is 5.49. The minimum absolute atomic E-state index is 0.330. The van der Waals surface area contributed by atoms with Crippen molar-refractivity contribution in [3.8, 4) is 0 Å². The Balaban J connectivity index is 2.09. The molecule has 0 amide bonds. The first-order valence-electron chi connectivity index (χ1n) is 6.91. The maximum absolute atomic E-state index is 11.3. The van der Waals surface area contributed by atoms with Crippen LogP contribution in [0.5, 0.6) is 0 Å². The van der Waals surface area contributed by atoms with E-state index in [9.17, 15) is 9.90 Å². The van der Waals surface area contributed by atoms with Crippen LogP contribution in [0, 0.1) is 0 Å². The van der Waals surface area contributed by atoms with Gasteiger partial charge in [-0.25, -0.2) is 14.3 Å². The van der Waals surface area contributed by atoms with Crippen molar-refractivity contribution in [1.29, 1.82) is 0 Å². The van der Waals surface area contributed by atoms with Gasteiger partial charge in [0.1, 0.15) is 11.6 Å². The van der Waals surface area contributed by atoms with Crippen molar-refractivity contribution in [2.45, 2.75) is 38.6 Å². The van der Waals surface area contributed by atoms with E-state index in [1.54, 1.807) is 16.9 Å². The quantitative estimate of drug-likeness (QED) is 0.925. The highest BCUT2D eigenvalue weighted by molar-refractivity contribution is 5.81. The molecule has 1 unspecified atom stereocenters. The summed E-state index contributed by atoms with van der Waals surface area (Å²) in [6, 6.07) is 1.52. The van der Waals surface area contributed by atoms with E-state index < -0.39 is 12.0 Å². The highest BCUT2D eigenvalue weighted by Crippen LogP contribution is 2.28. The third-order valence-electron chi connectivity index (χ3n) is 3.79. The Morgan fingerprint density at radius 3 is 3.00 bits per heavy atom. The van der Waals surface area contributed by atoms with Crippen molar-refractivity contribution in [3.05, 3.63) is 24.2 Å². The maximum Gasteiger partial charge on any atom is 0.326 e. The number of hydrogen-bond donors (Lipinski definition) is 1. The van der Waals surface area contributed by atoms with Gasteiger partial charge in [0, 0.05) is 18.9 Å². The summed E-state index contributed by atoms with van der Waals surface area (Å²) < 4.78 is 1.79. The minimum Gasteiger partial charge on any atom is -0.480 e. The van der Waals surface area contributed by atoms with Gasteiger partial charge in [-0.1, -0.05) is 13.8 Å². The molecule has 1 fully saturated rings. The molecular weight excluding hydrogens is 256 g/mol. The SMILES string of the molecule is CC(C)c1cc2c(N3CCCC3C(=O)O)nccn2n1. The molecule has 106 valence electrons. The summed E-state index contributed by atoms with van der Waals surface area (Å²) in [7, 11) is 0. The monoisotopic (exact) mass is 274 g/mol. The smallest absolute Gasteiger partial charge is 0.326 e. The Morgan fingerprint density at radius 2 is 2.30 bits per heavy atom. The Labute approximate surface area is 117 Å². The first kappa shape index (κ1) is 12.9. The second-order valence-corrected chi connectivity index (χ2v) is 5.49. The number of aliphatic carboxylic acids is 1. The van der Waals surface area contributed by atoms with Crippen LogP contribution in [-0.4, -0.2) is 38.3 Å². The zero-order valence-corrected chi connectivity index (χ0v) is 11.7. The third kappa shape index (κ3) is 2.01. The topological polar surface area (TPSA) is 70.7 Å². The molecule has 0 spiro atoms. The van der Waals surface area contributed by atoms with Gasteiger partial charge in [-0.15, -0.1) is 0 Å². The maximum atomic E-state index is 11.3. The average molecular weight is 274 g/mol. The van der Waals surface area contributed by atoms with Crippen molar-refractivity contribution < 1.29 is 9.90 Å². The van der Waals surface area contributed by atoms with Crippen molar-refractivity contribution in [2.24, 2.45) is 0 Å². The number of fused-ring (bicyclic) bond motifs is 1. The van der Waals surface area contributed by atoms with Gasteiger partial charge in [-0.2, -0.15) is 5.10 Å². The Morgan fingerprint density at radius 1 is 1.50 bits per heavy atom. The number of aromatic nitrogens is 3. The molecular formula is C14H18N4O2. The molecule has 0 aliphatic carbocycles. The van der Waals surface area contributed by atoms with Gasteiger partial charge in [-0.05, 0) is 24.8 Å². The lowest BCUT2D eigenvalue weighted by atomic mass is 10.1. The summed E-state index contributed by atoms with van der Waals surface area (Å²) in [5, 5.41) is 13.8. The number of anilines is 1. The highest BCUT2D eigenvalue weighted by Gasteiger charge is 2.32. The van der Waals surface area contributed by atoms with Gasteiger partial charge in [0.2, 0.25) is 0 Å². The van der Waals surface area contributed by atoms with Crippen LogP contribution in [0.2, 0.25) is 0 Å². The summed E-state index contributed by atoms with van der Waals surface area (Å²) in [4.78, 5) is 17.6. The zero-order chi connectivity index (χ0) is 14.3. The molecule has 1 aliphatic rings. The van der Waals surface area contributed by atoms with E-state index in [4.69, 9.17) is 0 Å². The number of hydrogen-bond acceptors (Lipinski definition) is 4. The largest absolute Gasteiger partial charge is 0.480 e. The van der Waals surface area contributed by atoms with Crippen LogP contribution in [0.25, 0.3) is 5.52 Å². The molecule has 6 nitrogen and oxygen atoms in total. The molecule has 2 aromatic heterocycles. The molecule has 1 saturated heterocycles. The van der Waals surface area contributed by atoms with Gasteiger partial charge in [0.15, 0.2) is 5.82 Å². The van der Waals surface area contributed by atoms with Crippen LogP contribution in [0.4, 0.5) is 5.82 Å². The van der Waals surface area contributed by atoms with Gasteiger partial charge in [-0.3, -0.25) is 0 Å². The second kappa shape index (κ2) is 4.77. The van der Waals surface area contributed by atoms with Crippen molar-refractivity contribution >= 4 is 17.3 Å². The number of rotatable bonds is 3. The zero-order valence-electron chi connectivity index (χ0n) is 11.7. The van der Waals surface area contributed by atoms with Crippen LogP contribution in [0.1, 0.15) is 38.3 Å². The highest BCUT2D eigenvalue weighted by atomic mass is 16.4. The molecule has 0 radical (unpaired) electrons. The normalized spacial score (nSPS) is 19.1. The molecule has 3 heterocycles. The molecule has 3 rings (SSSR count). The summed E-state index contributed by atoms with van der Waals surface area (Å²) in [5.41, 5.74) is 1.87. The molecule has 1 aliphatic heterocycles. The average Bonchev–Trinajstić information content (AvgIpc) is 3.04. The lowest BCUT2D eigenvalue weighted by Crippen LogP contribution is -2.36. The van der Waals surface area contributed by atoms with Crippen LogP contribution in [0.15, 0.2) is 18.5 Å². The summed E-state index contributed by atoms with van der Waals surface area (Å²) in [6.07, 6.45) is 5.03. The summed E-state index contributed by atoms with van der Waals surface area (Å²) in [5.74, 6) is 0.267.